The molecule has 0 amide bonds. The second kappa shape index (κ2) is 4.90. The highest BCUT2D eigenvalue weighted by Crippen LogP contribution is 2.14. The van der Waals surface area contributed by atoms with Gasteiger partial charge < -0.3 is 9.88 Å². The smallest absolute Gasteiger partial charge is 0.0947 e. The van der Waals surface area contributed by atoms with Gasteiger partial charge in [0.05, 0.1) is 18.1 Å². The van der Waals surface area contributed by atoms with Gasteiger partial charge in [-0.2, -0.15) is 0 Å². The number of aromatic nitrogens is 3. The van der Waals surface area contributed by atoms with Crippen molar-refractivity contribution in [2.45, 2.75) is 12.5 Å². The average Bonchev–Trinajstić information content (AvgIpc) is 2.74. The van der Waals surface area contributed by atoms with Crippen LogP contribution in [0.4, 0.5) is 0 Å². The molecule has 2 heterocycles. The fourth-order valence-electron chi connectivity index (χ4n) is 1.70. The van der Waals surface area contributed by atoms with Gasteiger partial charge in [-0.3, -0.25) is 4.98 Å². The standard InChI is InChI=1S/C12H16N4/c1-13-11(12-8-16(2)9-15-12)7-10-5-3-4-6-14-10/h3-6,8-9,11,13H,7H2,1-2H3. The number of rotatable bonds is 4. The Morgan fingerprint density at radius 2 is 2.25 bits per heavy atom. The summed E-state index contributed by atoms with van der Waals surface area (Å²) in [6, 6.07) is 6.19. The second-order valence-corrected chi connectivity index (χ2v) is 3.83. The minimum absolute atomic E-state index is 0.219. The first kappa shape index (κ1) is 10.8. The molecule has 0 aromatic carbocycles. The molecule has 2 aromatic rings. The Balaban J connectivity index is 2.12. The van der Waals surface area contributed by atoms with Crippen LogP contribution in [0, 0.1) is 0 Å². The Morgan fingerprint density at radius 1 is 1.38 bits per heavy atom. The van der Waals surface area contributed by atoms with Gasteiger partial charge in [-0.05, 0) is 19.2 Å². The van der Waals surface area contributed by atoms with Crippen LogP contribution in [0.3, 0.4) is 0 Å². The number of aryl methyl sites for hydroxylation is 1. The summed E-state index contributed by atoms with van der Waals surface area (Å²) in [5.41, 5.74) is 2.13. The van der Waals surface area contributed by atoms with Crippen LogP contribution in [-0.2, 0) is 13.5 Å². The second-order valence-electron chi connectivity index (χ2n) is 3.83. The SMILES string of the molecule is CNC(Cc1ccccn1)c1cn(C)cn1. The van der Waals surface area contributed by atoms with Crippen LogP contribution in [0.2, 0.25) is 0 Å². The molecule has 0 aliphatic heterocycles. The number of nitrogens with zero attached hydrogens (tertiary/aromatic N) is 3. The summed E-state index contributed by atoms with van der Waals surface area (Å²) < 4.78 is 1.96. The monoisotopic (exact) mass is 216 g/mol. The van der Waals surface area contributed by atoms with Crippen molar-refractivity contribution in [1.82, 2.24) is 19.9 Å². The Labute approximate surface area is 95.4 Å². The molecule has 2 aromatic heterocycles. The molecule has 16 heavy (non-hydrogen) atoms. The third kappa shape index (κ3) is 2.46. The summed E-state index contributed by atoms with van der Waals surface area (Å²) in [4.78, 5) is 8.68. The van der Waals surface area contributed by atoms with Crippen molar-refractivity contribution in [2.24, 2.45) is 7.05 Å². The van der Waals surface area contributed by atoms with E-state index in [2.05, 4.69) is 15.3 Å². The van der Waals surface area contributed by atoms with E-state index >= 15 is 0 Å². The van der Waals surface area contributed by atoms with Crippen molar-refractivity contribution in [3.63, 3.8) is 0 Å². The number of likely N-dealkylation sites (N-methyl/N-ethyl adjacent to an activating group) is 1. The quantitative estimate of drug-likeness (QED) is 0.838. The van der Waals surface area contributed by atoms with E-state index < -0.39 is 0 Å². The van der Waals surface area contributed by atoms with E-state index in [1.165, 1.54) is 0 Å². The number of imidazole rings is 1. The Bertz CT molecular complexity index is 435. The molecule has 4 nitrogen and oxygen atoms in total. The summed E-state index contributed by atoms with van der Waals surface area (Å²) in [5.74, 6) is 0. The molecule has 4 heteroatoms. The van der Waals surface area contributed by atoms with Crippen molar-refractivity contribution < 1.29 is 0 Å². The van der Waals surface area contributed by atoms with Gasteiger partial charge in [-0.15, -0.1) is 0 Å². The van der Waals surface area contributed by atoms with Crippen LogP contribution in [0.1, 0.15) is 17.4 Å². The number of hydrogen-bond acceptors (Lipinski definition) is 3. The molecule has 1 N–H and O–H groups in total. The maximum atomic E-state index is 4.36. The normalized spacial score (nSPS) is 12.6. The zero-order valence-corrected chi connectivity index (χ0v) is 9.59. The summed E-state index contributed by atoms with van der Waals surface area (Å²) in [5, 5.41) is 3.26. The van der Waals surface area contributed by atoms with Crippen molar-refractivity contribution >= 4 is 0 Å². The molecule has 1 unspecified atom stereocenters. The molecule has 0 saturated heterocycles. The summed E-state index contributed by atoms with van der Waals surface area (Å²) in [6.07, 6.45) is 6.52. The fourth-order valence-corrected chi connectivity index (χ4v) is 1.70. The molecule has 0 bridgehead atoms. The molecular formula is C12H16N4. The maximum Gasteiger partial charge on any atom is 0.0947 e. The van der Waals surface area contributed by atoms with Gasteiger partial charge in [0.15, 0.2) is 0 Å². The van der Waals surface area contributed by atoms with Crippen molar-refractivity contribution in [3.05, 3.63) is 48.3 Å². The Morgan fingerprint density at radius 3 is 2.81 bits per heavy atom. The van der Waals surface area contributed by atoms with E-state index in [0.29, 0.717) is 0 Å². The summed E-state index contributed by atoms with van der Waals surface area (Å²) in [6.45, 7) is 0. The molecule has 2 rings (SSSR count). The van der Waals surface area contributed by atoms with Gasteiger partial charge in [0.1, 0.15) is 0 Å². The van der Waals surface area contributed by atoms with Crippen LogP contribution < -0.4 is 5.32 Å². The number of pyridine rings is 1. The molecule has 0 saturated carbocycles. The maximum absolute atomic E-state index is 4.36. The molecule has 0 aliphatic rings. The largest absolute Gasteiger partial charge is 0.340 e. The fraction of sp³-hybridized carbons (Fsp3) is 0.333. The van der Waals surface area contributed by atoms with Crippen LogP contribution in [-0.4, -0.2) is 21.6 Å². The van der Waals surface area contributed by atoms with E-state index in [1.54, 1.807) is 0 Å². The molecular weight excluding hydrogens is 200 g/mol. The highest BCUT2D eigenvalue weighted by atomic mass is 15.0. The molecule has 1 atom stereocenters. The van der Waals surface area contributed by atoms with E-state index in [4.69, 9.17) is 0 Å². The molecule has 0 aliphatic carbocycles. The lowest BCUT2D eigenvalue weighted by Crippen LogP contribution is -2.19. The zero-order chi connectivity index (χ0) is 11.4. The summed E-state index contributed by atoms with van der Waals surface area (Å²) >= 11 is 0. The van der Waals surface area contributed by atoms with Crippen molar-refractivity contribution in [2.75, 3.05) is 7.05 Å². The zero-order valence-electron chi connectivity index (χ0n) is 9.59. The summed E-state index contributed by atoms with van der Waals surface area (Å²) in [7, 11) is 3.92. The van der Waals surface area contributed by atoms with Gasteiger partial charge >= 0.3 is 0 Å². The van der Waals surface area contributed by atoms with Gasteiger partial charge in [-0.1, -0.05) is 6.07 Å². The van der Waals surface area contributed by atoms with Crippen LogP contribution in [0.5, 0.6) is 0 Å². The first-order valence-corrected chi connectivity index (χ1v) is 5.34. The Kier molecular flexibility index (Phi) is 3.31. The lowest BCUT2D eigenvalue weighted by Gasteiger charge is -2.12. The number of hydrogen-bond donors (Lipinski definition) is 1. The highest BCUT2D eigenvalue weighted by molar-refractivity contribution is 5.11. The molecule has 0 fully saturated rings. The van der Waals surface area contributed by atoms with Gasteiger partial charge in [-0.25, -0.2) is 4.98 Å². The van der Waals surface area contributed by atoms with Gasteiger partial charge in [0, 0.05) is 31.6 Å². The van der Waals surface area contributed by atoms with E-state index in [1.807, 2.05) is 55.6 Å². The molecule has 0 radical (unpaired) electrons. The van der Waals surface area contributed by atoms with Crippen LogP contribution >= 0.6 is 0 Å². The minimum atomic E-state index is 0.219. The van der Waals surface area contributed by atoms with Gasteiger partial charge in [0.2, 0.25) is 0 Å². The average molecular weight is 216 g/mol. The van der Waals surface area contributed by atoms with Gasteiger partial charge in [0.25, 0.3) is 0 Å². The lowest BCUT2D eigenvalue weighted by molar-refractivity contribution is 0.571. The topological polar surface area (TPSA) is 42.7 Å². The molecule has 0 spiro atoms. The van der Waals surface area contributed by atoms with E-state index in [-0.39, 0.29) is 6.04 Å². The first-order chi connectivity index (χ1) is 7.79. The highest BCUT2D eigenvalue weighted by Gasteiger charge is 2.12. The van der Waals surface area contributed by atoms with Crippen LogP contribution in [0.15, 0.2) is 36.9 Å². The molecule has 84 valence electrons. The third-order valence-electron chi connectivity index (χ3n) is 2.57. The predicted molar refractivity (Wildman–Crippen MR) is 62.9 cm³/mol. The van der Waals surface area contributed by atoms with E-state index in [9.17, 15) is 0 Å². The predicted octanol–water partition coefficient (Wildman–Crippen LogP) is 1.32. The van der Waals surface area contributed by atoms with Crippen molar-refractivity contribution in [1.29, 1.82) is 0 Å². The third-order valence-corrected chi connectivity index (χ3v) is 2.57. The van der Waals surface area contributed by atoms with Crippen LogP contribution in [0.25, 0.3) is 0 Å². The van der Waals surface area contributed by atoms with Crippen molar-refractivity contribution in [3.8, 4) is 0 Å². The Hall–Kier alpha value is -1.68. The first-order valence-electron chi connectivity index (χ1n) is 5.34. The number of nitrogens with one attached hydrogen (secondary N) is 1. The lowest BCUT2D eigenvalue weighted by atomic mass is 10.1. The minimum Gasteiger partial charge on any atom is -0.340 e. The van der Waals surface area contributed by atoms with E-state index in [0.717, 1.165) is 17.8 Å².